The van der Waals surface area contributed by atoms with Crippen LogP contribution in [0.25, 0.3) is 0 Å². The van der Waals surface area contributed by atoms with Crippen molar-refractivity contribution in [3.05, 3.63) is 17.5 Å². The zero-order valence-corrected chi connectivity index (χ0v) is 9.99. The molecule has 0 aliphatic heterocycles. The molecule has 1 aromatic rings. The summed E-state index contributed by atoms with van der Waals surface area (Å²) in [5, 5.41) is 14.1. The molecule has 1 aromatic heterocycles. The van der Waals surface area contributed by atoms with Crippen molar-refractivity contribution >= 4 is 5.91 Å². The first kappa shape index (κ1) is 15.4. The third-order valence-electron chi connectivity index (χ3n) is 2.39. The second-order valence-corrected chi connectivity index (χ2v) is 3.73. The Hall–Kier alpha value is -1.64. The van der Waals surface area contributed by atoms with E-state index < -0.39 is 36.2 Å². The molecule has 5 nitrogen and oxygen atoms in total. The average Bonchev–Trinajstić information content (AvgIpc) is 2.80. The summed E-state index contributed by atoms with van der Waals surface area (Å²) in [4.78, 5) is 11.5. The number of alkyl halides is 4. The number of amides is 1. The Morgan fingerprint density at radius 3 is 2.53 bits per heavy atom. The van der Waals surface area contributed by atoms with Gasteiger partial charge in [-0.1, -0.05) is 0 Å². The number of hydrogen-bond acceptors (Lipinski definition) is 3. The van der Waals surface area contributed by atoms with E-state index in [-0.39, 0.29) is 13.2 Å². The van der Waals surface area contributed by atoms with Gasteiger partial charge in [0.2, 0.25) is 5.91 Å². The van der Waals surface area contributed by atoms with E-state index in [4.69, 9.17) is 5.11 Å². The lowest BCUT2D eigenvalue weighted by atomic mass is 10.3. The number of nitrogens with zero attached hydrogens (tertiary/aromatic N) is 2. The van der Waals surface area contributed by atoms with Gasteiger partial charge in [-0.25, -0.2) is 17.6 Å². The van der Waals surface area contributed by atoms with E-state index in [0.29, 0.717) is 10.7 Å². The van der Waals surface area contributed by atoms with Gasteiger partial charge in [0.05, 0.1) is 6.61 Å². The number of halogens is 4. The summed E-state index contributed by atoms with van der Waals surface area (Å²) in [6, 6.07) is -0.603. The molecule has 0 saturated heterocycles. The van der Waals surface area contributed by atoms with Crippen LogP contribution in [0.3, 0.4) is 0 Å². The smallest absolute Gasteiger partial charge is 0.282 e. The van der Waals surface area contributed by atoms with Crippen LogP contribution < -0.4 is 5.32 Å². The highest BCUT2D eigenvalue weighted by atomic mass is 19.3. The summed E-state index contributed by atoms with van der Waals surface area (Å²) in [7, 11) is 0. The Balaban J connectivity index is 3.00. The lowest BCUT2D eigenvalue weighted by Gasteiger charge is -2.14. The van der Waals surface area contributed by atoms with Crippen LogP contribution in [0.5, 0.6) is 0 Å². The largest absolute Gasteiger partial charge is 0.395 e. The van der Waals surface area contributed by atoms with Gasteiger partial charge in [0.15, 0.2) is 0 Å². The number of aliphatic hydroxyl groups is 1. The van der Waals surface area contributed by atoms with Crippen LogP contribution in [0.4, 0.5) is 17.6 Å². The van der Waals surface area contributed by atoms with Crippen molar-refractivity contribution in [3.8, 4) is 0 Å². The van der Waals surface area contributed by atoms with Crippen LogP contribution in [0.15, 0.2) is 6.07 Å². The predicted molar refractivity (Wildman–Crippen MR) is 56.9 cm³/mol. The average molecular weight is 283 g/mol. The van der Waals surface area contributed by atoms with Gasteiger partial charge in [-0.2, -0.15) is 5.10 Å². The number of aromatic nitrogens is 2. The molecule has 0 spiro atoms. The SMILES string of the molecule is CC(C(=O)NCCO)n1nc(C(F)F)cc1C(F)F. The van der Waals surface area contributed by atoms with Gasteiger partial charge in [-0.15, -0.1) is 0 Å². The van der Waals surface area contributed by atoms with E-state index >= 15 is 0 Å². The van der Waals surface area contributed by atoms with E-state index in [1.165, 1.54) is 6.92 Å². The molecule has 0 radical (unpaired) electrons. The highest BCUT2D eigenvalue weighted by molar-refractivity contribution is 5.79. The van der Waals surface area contributed by atoms with Gasteiger partial charge in [0.25, 0.3) is 12.9 Å². The molecule has 0 aliphatic carbocycles. The topological polar surface area (TPSA) is 67.2 Å². The third-order valence-corrected chi connectivity index (χ3v) is 2.39. The van der Waals surface area contributed by atoms with Crippen molar-refractivity contribution < 1.29 is 27.5 Å². The van der Waals surface area contributed by atoms with Crippen molar-refractivity contribution in [2.75, 3.05) is 13.2 Å². The highest BCUT2D eigenvalue weighted by Gasteiger charge is 2.26. The molecule has 1 atom stereocenters. The van der Waals surface area contributed by atoms with Gasteiger partial charge in [0.1, 0.15) is 17.4 Å². The van der Waals surface area contributed by atoms with Crippen LogP contribution in [0, 0.1) is 0 Å². The highest BCUT2D eigenvalue weighted by Crippen LogP contribution is 2.27. The minimum absolute atomic E-state index is 0.0594. The van der Waals surface area contributed by atoms with Gasteiger partial charge in [0, 0.05) is 6.54 Å². The minimum atomic E-state index is -3.02. The van der Waals surface area contributed by atoms with E-state index in [0.717, 1.165) is 0 Å². The molecule has 0 saturated carbocycles. The molecule has 2 N–H and O–H groups in total. The molecule has 108 valence electrons. The van der Waals surface area contributed by atoms with Crippen molar-refractivity contribution in [3.63, 3.8) is 0 Å². The quantitative estimate of drug-likeness (QED) is 0.776. The normalized spacial score (nSPS) is 13.1. The molecular formula is C10H13F4N3O2. The van der Waals surface area contributed by atoms with Crippen LogP contribution in [-0.4, -0.2) is 33.9 Å². The fourth-order valence-corrected chi connectivity index (χ4v) is 1.45. The Bertz CT molecular complexity index is 436. The standard InChI is InChI=1S/C10H13F4N3O2/c1-5(10(19)15-2-3-18)17-7(9(13)14)4-6(16-17)8(11)12/h4-5,8-9,18H,2-3H2,1H3,(H,15,19). The molecule has 19 heavy (non-hydrogen) atoms. The first-order valence-electron chi connectivity index (χ1n) is 5.42. The molecule has 0 fully saturated rings. The number of rotatable bonds is 6. The fourth-order valence-electron chi connectivity index (χ4n) is 1.45. The maximum Gasteiger partial charge on any atom is 0.282 e. The Kier molecular flexibility index (Phi) is 5.28. The second-order valence-electron chi connectivity index (χ2n) is 3.73. The van der Waals surface area contributed by atoms with E-state index in [9.17, 15) is 22.4 Å². The molecule has 1 amide bonds. The molecule has 9 heteroatoms. The maximum absolute atomic E-state index is 12.7. The molecule has 0 bridgehead atoms. The van der Waals surface area contributed by atoms with E-state index in [2.05, 4.69) is 10.4 Å². The molecule has 0 aromatic carbocycles. The Morgan fingerprint density at radius 1 is 1.42 bits per heavy atom. The minimum Gasteiger partial charge on any atom is -0.395 e. The summed E-state index contributed by atoms with van der Waals surface area (Å²) >= 11 is 0. The predicted octanol–water partition coefficient (Wildman–Crippen LogP) is 1.43. The monoisotopic (exact) mass is 283 g/mol. The first-order valence-corrected chi connectivity index (χ1v) is 5.42. The number of aliphatic hydroxyl groups excluding tert-OH is 1. The number of carbonyl (C=O) groups excluding carboxylic acids is 1. The lowest BCUT2D eigenvalue weighted by molar-refractivity contribution is -0.124. The van der Waals surface area contributed by atoms with Crippen LogP contribution in [0.1, 0.15) is 37.2 Å². The van der Waals surface area contributed by atoms with Crippen LogP contribution in [0.2, 0.25) is 0 Å². The van der Waals surface area contributed by atoms with Gasteiger partial charge in [-0.3, -0.25) is 9.48 Å². The summed E-state index contributed by atoms with van der Waals surface area (Å²) in [5.41, 5.74) is -1.56. The maximum atomic E-state index is 12.7. The van der Waals surface area contributed by atoms with Crippen LogP contribution >= 0.6 is 0 Å². The summed E-state index contributed by atoms with van der Waals surface area (Å²) in [5.74, 6) is -0.695. The van der Waals surface area contributed by atoms with Gasteiger partial charge < -0.3 is 10.4 Å². The Labute approximate surface area is 106 Å². The second kappa shape index (κ2) is 6.50. The van der Waals surface area contributed by atoms with E-state index in [1.54, 1.807) is 0 Å². The Morgan fingerprint density at radius 2 is 2.05 bits per heavy atom. The molecular weight excluding hydrogens is 270 g/mol. The van der Waals surface area contributed by atoms with Gasteiger partial charge in [-0.05, 0) is 13.0 Å². The first-order chi connectivity index (χ1) is 8.88. The summed E-state index contributed by atoms with van der Waals surface area (Å²) in [6.07, 6.45) is -6.01. The number of nitrogens with one attached hydrogen (secondary N) is 1. The molecule has 1 unspecified atom stereocenters. The van der Waals surface area contributed by atoms with Gasteiger partial charge >= 0.3 is 0 Å². The zero-order valence-electron chi connectivity index (χ0n) is 9.99. The van der Waals surface area contributed by atoms with Crippen molar-refractivity contribution in [2.24, 2.45) is 0 Å². The lowest BCUT2D eigenvalue weighted by Crippen LogP contribution is -2.34. The van der Waals surface area contributed by atoms with Crippen molar-refractivity contribution in [1.29, 1.82) is 0 Å². The van der Waals surface area contributed by atoms with Crippen molar-refractivity contribution in [2.45, 2.75) is 25.8 Å². The number of carbonyl (C=O) groups is 1. The third kappa shape index (κ3) is 3.66. The van der Waals surface area contributed by atoms with E-state index in [1.807, 2.05) is 0 Å². The fraction of sp³-hybridized carbons (Fsp3) is 0.600. The van der Waals surface area contributed by atoms with Crippen molar-refractivity contribution in [1.82, 2.24) is 15.1 Å². The summed E-state index contributed by atoms with van der Waals surface area (Å²) in [6.45, 7) is 0.874. The molecule has 1 rings (SSSR count). The van der Waals surface area contributed by atoms with Crippen LogP contribution in [-0.2, 0) is 4.79 Å². The molecule has 0 aliphatic rings. The number of hydrogen-bond donors (Lipinski definition) is 2. The zero-order chi connectivity index (χ0) is 14.6. The summed E-state index contributed by atoms with van der Waals surface area (Å²) < 4.78 is 50.8. The molecule has 1 heterocycles.